The molecule has 1 aliphatic heterocycles. The van der Waals surface area contributed by atoms with Gasteiger partial charge in [0.25, 0.3) is 0 Å². The lowest BCUT2D eigenvalue weighted by atomic mass is 10.2. The number of nitrogens with two attached hydrogens (primary N) is 1. The Balaban J connectivity index is 2.47. The van der Waals surface area contributed by atoms with E-state index >= 15 is 0 Å². The van der Waals surface area contributed by atoms with Gasteiger partial charge in [0.2, 0.25) is 0 Å². The number of ether oxygens (including phenoxy) is 1. The van der Waals surface area contributed by atoms with Gasteiger partial charge in [-0.2, -0.15) is 0 Å². The minimum absolute atomic E-state index is 0.241. The summed E-state index contributed by atoms with van der Waals surface area (Å²) >= 11 is 3.39. The number of carbonyl (C=O) groups excluding carboxylic acids is 1. The first-order valence-corrected chi connectivity index (χ1v) is 7.80. The highest BCUT2D eigenvalue weighted by atomic mass is 79.9. The summed E-state index contributed by atoms with van der Waals surface area (Å²) in [4.78, 5) is 20.2. The Morgan fingerprint density at radius 3 is 2.33 bits per heavy atom. The van der Waals surface area contributed by atoms with Crippen molar-refractivity contribution >= 4 is 27.7 Å². The Labute approximate surface area is 135 Å². The number of aliphatic imine (C=N–C) groups is 1. The predicted molar refractivity (Wildman–Crippen MR) is 88.8 cm³/mol. The molecule has 0 aromatic carbocycles. The quantitative estimate of drug-likeness (QED) is 0.779. The third kappa shape index (κ3) is 6.05. The van der Waals surface area contributed by atoms with E-state index in [2.05, 4.69) is 25.8 Å². The molecule has 1 heterocycles. The average Bonchev–Trinajstić information content (AvgIpc) is 2.42. The Morgan fingerprint density at radius 1 is 1.33 bits per heavy atom. The molecule has 1 rings (SSSR count). The van der Waals surface area contributed by atoms with Crippen LogP contribution in [-0.4, -0.2) is 67.0 Å². The predicted octanol–water partition coefficient (Wildman–Crippen LogP) is 1.80. The topological polar surface area (TPSA) is 71.2 Å². The van der Waals surface area contributed by atoms with Crippen LogP contribution in [0.3, 0.4) is 0 Å². The van der Waals surface area contributed by atoms with Gasteiger partial charge in [-0.15, -0.1) is 0 Å². The van der Waals surface area contributed by atoms with E-state index in [4.69, 9.17) is 10.5 Å². The summed E-state index contributed by atoms with van der Waals surface area (Å²) < 4.78 is 6.19. The fraction of sp³-hybridized carbons (Fsp3) is 0.714. The maximum Gasteiger partial charge on any atom is 0.410 e. The number of halogens is 1. The summed E-state index contributed by atoms with van der Waals surface area (Å²) in [5, 5.41) is 0. The lowest BCUT2D eigenvalue weighted by Gasteiger charge is -2.35. The zero-order valence-electron chi connectivity index (χ0n) is 13.2. The van der Waals surface area contributed by atoms with Crippen molar-refractivity contribution in [3.63, 3.8) is 0 Å². The summed E-state index contributed by atoms with van der Waals surface area (Å²) in [6.45, 7) is 9.26. The van der Waals surface area contributed by atoms with E-state index < -0.39 is 5.60 Å². The van der Waals surface area contributed by atoms with Crippen molar-refractivity contribution in [2.24, 2.45) is 10.7 Å². The van der Waals surface area contributed by atoms with Gasteiger partial charge in [0.15, 0.2) is 0 Å². The van der Waals surface area contributed by atoms with Gasteiger partial charge >= 0.3 is 6.09 Å². The van der Waals surface area contributed by atoms with Crippen molar-refractivity contribution in [3.05, 3.63) is 10.7 Å². The summed E-state index contributed by atoms with van der Waals surface area (Å²) in [7, 11) is 1.75. The number of nitrogens with zero attached hydrogens (tertiary/aromatic N) is 3. The van der Waals surface area contributed by atoms with Crippen LogP contribution in [-0.2, 0) is 4.74 Å². The molecule has 6 nitrogen and oxygen atoms in total. The van der Waals surface area contributed by atoms with Crippen LogP contribution in [0.15, 0.2) is 15.7 Å². The fourth-order valence-corrected chi connectivity index (χ4v) is 2.28. The molecule has 1 fully saturated rings. The molecule has 0 aromatic rings. The molecule has 0 aromatic heterocycles. The molecular weight excluding hydrogens is 336 g/mol. The van der Waals surface area contributed by atoms with Gasteiger partial charge in [0.1, 0.15) is 5.60 Å². The number of amides is 1. The van der Waals surface area contributed by atoms with Crippen LogP contribution >= 0.6 is 15.9 Å². The summed E-state index contributed by atoms with van der Waals surface area (Å²) in [5.74, 6) is 0. The zero-order chi connectivity index (χ0) is 16.0. The van der Waals surface area contributed by atoms with Crippen LogP contribution in [0.4, 0.5) is 4.79 Å². The second kappa shape index (κ2) is 7.79. The Hall–Kier alpha value is -1.08. The van der Waals surface area contributed by atoms with Crippen LogP contribution < -0.4 is 5.73 Å². The van der Waals surface area contributed by atoms with E-state index in [0.717, 1.165) is 23.3 Å². The summed E-state index contributed by atoms with van der Waals surface area (Å²) in [6.07, 6.45) is 1.26. The third-order valence-corrected chi connectivity index (χ3v) is 3.81. The molecule has 0 radical (unpaired) electrons. The van der Waals surface area contributed by atoms with Crippen LogP contribution in [0.5, 0.6) is 0 Å². The van der Waals surface area contributed by atoms with Gasteiger partial charge < -0.3 is 15.4 Å². The molecule has 0 atom stereocenters. The smallest absolute Gasteiger partial charge is 0.410 e. The lowest BCUT2D eigenvalue weighted by Crippen LogP contribution is -2.51. The minimum atomic E-state index is -0.451. The highest BCUT2D eigenvalue weighted by molar-refractivity contribution is 9.12. The number of hydrogen-bond donors (Lipinski definition) is 1. The second-order valence-electron chi connectivity index (χ2n) is 5.93. The third-order valence-electron chi connectivity index (χ3n) is 3.09. The largest absolute Gasteiger partial charge is 0.444 e. The van der Waals surface area contributed by atoms with Crippen LogP contribution in [0.2, 0.25) is 0 Å². The standard InChI is InChI=1S/C14H25BrN4O2/c1-14(2,3)21-13(20)19-7-5-18(6-8-19)10-12(17-4)11(15)9-16/h9H,5-8,10,16H2,1-4H3. The first kappa shape index (κ1) is 18.0. The Morgan fingerprint density at radius 2 is 1.90 bits per heavy atom. The van der Waals surface area contributed by atoms with Crippen molar-refractivity contribution < 1.29 is 9.53 Å². The first-order valence-electron chi connectivity index (χ1n) is 7.00. The van der Waals surface area contributed by atoms with E-state index in [-0.39, 0.29) is 6.09 Å². The molecular formula is C14H25BrN4O2. The number of carbonyl (C=O) groups is 1. The molecule has 0 unspecified atom stereocenters. The van der Waals surface area contributed by atoms with Gasteiger partial charge in [0.05, 0.1) is 10.2 Å². The monoisotopic (exact) mass is 360 g/mol. The molecule has 1 saturated heterocycles. The Bertz CT molecular complexity index is 421. The molecule has 2 N–H and O–H groups in total. The maximum atomic E-state index is 12.0. The van der Waals surface area contributed by atoms with Crippen LogP contribution in [0.25, 0.3) is 0 Å². The number of piperazine rings is 1. The first-order chi connectivity index (χ1) is 9.76. The molecule has 120 valence electrons. The number of rotatable bonds is 3. The summed E-state index contributed by atoms with van der Waals surface area (Å²) in [5.41, 5.74) is 5.95. The van der Waals surface area contributed by atoms with Crippen molar-refractivity contribution in [1.82, 2.24) is 9.80 Å². The van der Waals surface area contributed by atoms with Gasteiger partial charge in [-0.3, -0.25) is 9.89 Å². The van der Waals surface area contributed by atoms with Gasteiger partial charge in [-0.1, -0.05) is 0 Å². The van der Waals surface area contributed by atoms with Gasteiger partial charge in [-0.05, 0) is 36.7 Å². The lowest BCUT2D eigenvalue weighted by molar-refractivity contribution is 0.0157. The highest BCUT2D eigenvalue weighted by Gasteiger charge is 2.26. The molecule has 0 bridgehead atoms. The van der Waals surface area contributed by atoms with E-state index in [0.29, 0.717) is 19.6 Å². The average molecular weight is 361 g/mol. The molecule has 1 amide bonds. The van der Waals surface area contributed by atoms with E-state index in [1.54, 1.807) is 11.9 Å². The molecule has 7 heteroatoms. The highest BCUT2D eigenvalue weighted by Crippen LogP contribution is 2.13. The molecule has 21 heavy (non-hydrogen) atoms. The van der Waals surface area contributed by atoms with Gasteiger partial charge in [0, 0.05) is 46.0 Å². The summed E-state index contributed by atoms with van der Waals surface area (Å²) in [6, 6.07) is 0. The van der Waals surface area contributed by atoms with Crippen LogP contribution in [0, 0.1) is 0 Å². The van der Waals surface area contributed by atoms with Crippen LogP contribution in [0.1, 0.15) is 20.8 Å². The SMILES string of the molecule is CN=C(CN1CCN(C(=O)OC(C)(C)C)CC1)C(Br)=CN. The van der Waals surface area contributed by atoms with Crippen molar-refractivity contribution in [2.45, 2.75) is 26.4 Å². The van der Waals surface area contributed by atoms with Crippen molar-refractivity contribution in [1.29, 1.82) is 0 Å². The fourth-order valence-electron chi connectivity index (χ4n) is 1.98. The molecule has 0 saturated carbocycles. The van der Waals surface area contributed by atoms with Crippen molar-refractivity contribution in [2.75, 3.05) is 39.8 Å². The van der Waals surface area contributed by atoms with E-state index in [1.807, 2.05) is 20.8 Å². The molecule has 0 spiro atoms. The molecule has 0 aliphatic carbocycles. The minimum Gasteiger partial charge on any atom is -0.444 e. The Kier molecular flexibility index (Phi) is 6.67. The van der Waals surface area contributed by atoms with E-state index in [1.165, 1.54) is 6.20 Å². The van der Waals surface area contributed by atoms with Crippen molar-refractivity contribution in [3.8, 4) is 0 Å². The zero-order valence-corrected chi connectivity index (χ0v) is 14.8. The normalized spacial score (nSPS) is 18.8. The number of hydrogen-bond acceptors (Lipinski definition) is 5. The van der Waals surface area contributed by atoms with E-state index in [9.17, 15) is 4.79 Å². The second-order valence-corrected chi connectivity index (χ2v) is 6.78. The van der Waals surface area contributed by atoms with Gasteiger partial charge in [-0.25, -0.2) is 4.79 Å². The maximum absolute atomic E-state index is 12.0. The molecule has 1 aliphatic rings.